The summed E-state index contributed by atoms with van der Waals surface area (Å²) in [5.41, 5.74) is -0.245. The Morgan fingerprint density at radius 2 is 1.86 bits per heavy atom. The van der Waals surface area contributed by atoms with Crippen molar-refractivity contribution in [2.24, 2.45) is 5.41 Å². The molecule has 0 saturated heterocycles. The van der Waals surface area contributed by atoms with E-state index in [1.165, 1.54) is 12.1 Å². The van der Waals surface area contributed by atoms with Crippen molar-refractivity contribution >= 4 is 17.4 Å². The number of aromatic nitrogens is 1. The summed E-state index contributed by atoms with van der Waals surface area (Å²) in [6.07, 6.45) is -0.395. The molecule has 0 spiro atoms. The minimum Gasteiger partial charge on any atom is -0.365 e. The van der Waals surface area contributed by atoms with Gasteiger partial charge in [0.2, 0.25) is 5.91 Å². The smallest absolute Gasteiger partial charge is 0.293 e. The lowest BCUT2D eigenvalue weighted by Crippen LogP contribution is -2.37. The molecule has 0 unspecified atom stereocenters. The number of hydrogen-bond donors (Lipinski definition) is 1. The minimum atomic E-state index is -3.24. The first-order valence-electron chi connectivity index (χ1n) is 9.33. The predicted octanol–water partition coefficient (Wildman–Crippen LogP) is 5.24. The van der Waals surface area contributed by atoms with Crippen molar-refractivity contribution in [1.82, 2.24) is 4.98 Å². The SMILES string of the molecule is CC(C)(C)CC(=O)Nc1nc2c(cc1F)N(Cc1ccc(F)cc1)CCC2(F)F. The van der Waals surface area contributed by atoms with Gasteiger partial charge in [-0.05, 0) is 23.1 Å². The minimum absolute atomic E-state index is 0.00573. The van der Waals surface area contributed by atoms with Crippen molar-refractivity contribution in [2.45, 2.75) is 46.1 Å². The van der Waals surface area contributed by atoms with E-state index in [2.05, 4.69) is 10.3 Å². The molecule has 8 heteroatoms. The molecule has 156 valence electrons. The van der Waals surface area contributed by atoms with Crippen LogP contribution in [0.4, 0.5) is 29.1 Å². The van der Waals surface area contributed by atoms with E-state index in [1.807, 2.05) is 20.8 Å². The topological polar surface area (TPSA) is 45.2 Å². The van der Waals surface area contributed by atoms with Gasteiger partial charge in [-0.15, -0.1) is 0 Å². The van der Waals surface area contributed by atoms with Crippen LogP contribution in [0.3, 0.4) is 0 Å². The van der Waals surface area contributed by atoms with E-state index in [9.17, 15) is 22.4 Å². The predicted molar refractivity (Wildman–Crippen MR) is 103 cm³/mol. The van der Waals surface area contributed by atoms with Gasteiger partial charge in [-0.2, -0.15) is 8.78 Å². The number of fused-ring (bicyclic) bond motifs is 1. The molecule has 0 aliphatic carbocycles. The van der Waals surface area contributed by atoms with Crippen molar-refractivity contribution in [3.8, 4) is 0 Å². The molecular formula is C21H23F4N3O. The maximum atomic E-state index is 14.6. The summed E-state index contributed by atoms with van der Waals surface area (Å²) in [6.45, 7) is 5.72. The molecule has 0 atom stereocenters. The fraction of sp³-hybridized carbons (Fsp3) is 0.429. The van der Waals surface area contributed by atoms with Crippen LogP contribution >= 0.6 is 0 Å². The second-order valence-corrected chi connectivity index (χ2v) is 8.47. The number of carbonyl (C=O) groups is 1. The number of hydrogen-bond acceptors (Lipinski definition) is 3. The third-order valence-electron chi connectivity index (χ3n) is 4.57. The second kappa shape index (κ2) is 7.65. The molecule has 4 nitrogen and oxygen atoms in total. The molecule has 1 amide bonds. The van der Waals surface area contributed by atoms with E-state index in [1.54, 1.807) is 17.0 Å². The van der Waals surface area contributed by atoms with Crippen molar-refractivity contribution < 1.29 is 22.4 Å². The van der Waals surface area contributed by atoms with Crippen LogP contribution in [0.2, 0.25) is 0 Å². The van der Waals surface area contributed by atoms with Gasteiger partial charge in [-0.3, -0.25) is 4.79 Å². The maximum absolute atomic E-state index is 14.6. The largest absolute Gasteiger partial charge is 0.365 e. The fourth-order valence-electron chi connectivity index (χ4n) is 3.22. The molecule has 1 N–H and O–H groups in total. The zero-order valence-corrected chi connectivity index (χ0v) is 16.5. The Morgan fingerprint density at radius 3 is 2.48 bits per heavy atom. The van der Waals surface area contributed by atoms with E-state index < -0.39 is 41.4 Å². The number of pyridine rings is 1. The number of halogens is 4. The Kier molecular flexibility index (Phi) is 5.56. The average molecular weight is 409 g/mol. The van der Waals surface area contributed by atoms with Crippen LogP contribution < -0.4 is 10.2 Å². The summed E-state index contributed by atoms with van der Waals surface area (Å²) >= 11 is 0. The summed E-state index contributed by atoms with van der Waals surface area (Å²) in [7, 11) is 0. The lowest BCUT2D eigenvalue weighted by molar-refractivity contribution is -0.117. The van der Waals surface area contributed by atoms with Crippen molar-refractivity contribution in [3.63, 3.8) is 0 Å². The molecule has 3 rings (SSSR count). The highest BCUT2D eigenvalue weighted by atomic mass is 19.3. The van der Waals surface area contributed by atoms with Crippen molar-refractivity contribution in [1.29, 1.82) is 0 Å². The molecule has 2 heterocycles. The molecule has 29 heavy (non-hydrogen) atoms. The molecule has 1 aliphatic heterocycles. The number of anilines is 2. The van der Waals surface area contributed by atoms with Crippen molar-refractivity contribution in [2.75, 3.05) is 16.8 Å². The first kappa shape index (κ1) is 21.1. The monoisotopic (exact) mass is 409 g/mol. The molecule has 0 fully saturated rings. The van der Waals surface area contributed by atoms with E-state index in [-0.39, 0.29) is 30.6 Å². The van der Waals surface area contributed by atoms with E-state index in [0.29, 0.717) is 5.56 Å². The number of nitrogens with zero attached hydrogens (tertiary/aromatic N) is 2. The van der Waals surface area contributed by atoms with Crippen LogP contribution in [0.1, 0.15) is 44.9 Å². The molecule has 1 aliphatic rings. The van der Waals surface area contributed by atoms with Crippen LogP contribution in [0, 0.1) is 17.0 Å². The molecular weight excluding hydrogens is 386 g/mol. The quantitative estimate of drug-likeness (QED) is 0.703. The molecule has 0 saturated carbocycles. The van der Waals surface area contributed by atoms with Crippen LogP contribution in [-0.2, 0) is 17.3 Å². The summed E-state index contributed by atoms with van der Waals surface area (Å²) in [6, 6.07) is 6.63. The number of amides is 1. The lowest BCUT2D eigenvalue weighted by Gasteiger charge is -2.35. The highest BCUT2D eigenvalue weighted by molar-refractivity contribution is 5.90. The Morgan fingerprint density at radius 1 is 1.21 bits per heavy atom. The van der Waals surface area contributed by atoms with Crippen molar-refractivity contribution in [3.05, 3.63) is 53.2 Å². The number of alkyl halides is 2. The lowest BCUT2D eigenvalue weighted by atomic mass is 9.92. The highest BCUT2D eigenvalue weighted by Gasteiger charge is 2.42. The third-order valence-corrected chi connectivity index (χ3v) is 4.57. The van der Waals surface area contributed by atoms with Gasteiger partial charge in [0, 0.05) is 32.0 Å². The standard InChI is InChI=1S/C21H23F4N3O/c1-20(2,3)11-17(29)26-19-15(23)10-16-18(27-19)21(24,25)8-9-28(16)12-13-4-6-14(22)7-5-13/h4-7,10H,8-9,11-12H2,1-3H3,(H,26,27,29). The van der Waals surface area contributed by atoms with Gasteiger partial charge in [-0.25, -0.2) is 13.8 Å². The number of nitrogens with one attached hydrogen (secondary N) is 1. The second-order valence-electron chi connectivity index (χ2n) is 8.47. The van der Waals surface area contributed by atoms with Gasteiger partial charge in [0.15, 0.2) is 11.6 Å². The first-order chi connectivity index (χ1) is 13.4. The molecule has 0 bridgehead atoms. The van der Waals surface area contributed by atoms with Gasteiger partial charge < -0.3 is 10.2 Å². The van der Waals surface area contributed by atoms with Gasteiger partial charge in [-0.1, -0.05) is 32.9 Å². The summed E-state index contributed by atoms with van der Waals surface area (Å²) in [5, 5.41) is 2.31. The van der Waals surface area contributed by atoms with E-state index in [4.69, 9.17) is 0 Å². The first-order valence-corrected chi connectivity index (χ1v) is 9.33. The third kappa shape index (κ3) is 5.05. The molecule has 1 aromatic carbocycles. The Bertz CT molecular complexity index is 907. The molecule has 2 aromatic rings. The zero-order chi connectivity index (χ0) is 21.4. The van der Waals surface area contributed by atoms with Gasteiger partial charge in [0.25, 0.3) is 5.92 Å². The maximum Gasteiger partial charge on any atom is 0.293 e. The van der Waals surface area contributed by atoms with Crippen LogP contribution in [0.5, 0.6) is 0 Å². The van der Waals surface area contributed by atoms with Gasteiger partial charge in [0.1, 0.15) is 11.5 Å². The Balaban J connectivity index is 1.90. The number of carbonyl (C=O) groups excluding carboxylic acids is 1. The van der Waals surface area contributed by atoms with Crippen LogP contribution in [-0.4, -0.2) is 17.4 Å². The van der Waals surface area contributed by atoms with Gasteiger partial charge >= 0.3 is 0 Å². The molecule has 1 aromatic heterocycles. The summed E-state index contributed by atoms with van der Waals surface area (Å²) in [5.74, 6) is -5.52. The van der Waals surface area contributed by atoms with E-state index in [0.717, 1.165) is 6.07 Å². The van der Waals surface area contributed by atoms with Crippen LogP contribution in [0.25, 0.3) is 0 Å². The summed E-state index contributed by atoms with van der Waals surface area (Å²) < 4.78 is 56.7. The normalized spacial score (nSPS) is 15.8. The zero-order valence-electron chi connectivity index (χ0n) is 16.5. The molecule has 0 radical (unpaired) electrons. The highest BCUT2D eigenvalue weighted by Crippen LogP contribution is 2.43. The number of benzene rings is 1. The van der Waals surface area contributed by atoms with Crippen LogP contribution in [0.15, 0.2) is 30.3 Å². The van der Waals surface area contributed by atoms with E-state index >= 15 is 0 Å². The van der Waals surface area contributed by atoms with Gasteiger partial charge in [0.05, 0.1) is 5.69 Å². The number of rotatable bonds is 4. The average Bonchev–Trinajstić information content (AvgIpc) is 2.59. The summed E-state index contributed by atoms with van der Waals surface area (Å²) in [4.78, 5) is 17.5. The Hall–Kier alpha value is -2.64. The fourth-order valence-corrected chi connectivity index (χ4v) is 3.22. The Labute approximate surface area is 166 Å².